The fraction of sp³-hybridized carbons (Fsp3) is 0.182. The molecule has 2 rings (SSSR count). The Bertz CT molecular complexity index is 524. The Morgan fingerprint density at radius 1 is 1.17 bits per heavy atom. The summed E-state index contributed by atoms with van der Waals surface area (Å²) in [7, 11) is 0. The number of hydrogen-bond acceptors (Lipinski definition) is 5. The quantitative estimate of drug-likeness (QED) is 0.902. The van der Waals surface area contributed by atoms with Crippen LogP contribution in [0, 0.1) is 0 Å². The van der Waals surface area contributed by atoms with E-state index in [1.54, 1.807) is 0 Å². The molecule has 2 aromatic rings. The molecule has 0 aliphatic heterocycles. The highest BCUT2D eigenvalue weighted by molar-refractivity contribution is 6.32. The lowest BCUT2D eigenvalue weighted by molar-refractivity contribution is 0.191. The van der Waals surface area contributed by atoms with Crippen LogP contribution in [0.15, 0.2) is 30.3 Å². The van der Waals surface area contributed by atoms with E-state index in [4.69, 9.17) is 23.2 Å². The predicted molar refractivity (Wildman–Crippen MR) is 69.7 cm³/mol. The van der Waals surface area contributed by atoms with Crippen LogP contribution < -0.4 is 5.32 Å². The molecule has 7 heteroatoms. The summed E-state index contributed by atoms with van der Waals surface area (Å²) >= 11 is 11.4. The molecule has 1 unspecified atom stereocenters. The highest BCUT2D eigenvalue weighted by Gasteiger charge is 2.10. The number of nitrogens with one attached hydrogen (secondary N) is 1. The molecule has 0 spiro atoms. The number of aliphatic hydroxyl groups excluding tert-OH is 1. The first-order valence-corrected chi connectivity index (χ1v) is 5.95. The second kappa shape index (κ2) is 5.95. The van der Waals surface area contributed by atoms with E-state index in [-0.39, 0.29) is 17.0 Å². The van der Waals surface area contributed by atoms with E-state index in [2.05, 4.69) is 20.5 Å². The first kappa shape index (κ1) is 13.0. The van der Waals surface area contributed by atoms with Gasteiger partial charge in [0.05, 0.1) is 6.10 Å². The topological polar surface area (TPSA) is 70.9 Å². The van der Waals surface area contributed by atoms with Crippen LogP contribution in [-0.2, 0) is 0 Å². The van der Waals surface area contributed by atoms with Gasteiger partial charge in [0.25, 0.3) is 0 Å². The molecule has 1 aromatic carbocycles. The summed E-state index contributed by atoms with van der Waals surface area (Å²) in [6.45, 7) is 0.249. The van der Waals surface area contributed by atoms with Crippen LogP contribution in [-0.4, -0.2) is 26.8 Å². The molecule has 94 valence electrons. The summed E-state index contributed by atoms with van der Waals surface area (Å²) in [5, 5.41) is 20.0. The molecular formula is C11H10Cl2N4O. The van der Waals surface area contributed by atoms with Crippen LogP contribution in [0.1, 0.15) is 11.7 Å². The monoisotopic (exact) mass is 284 g/mol. The maximum absolute atomic E-state index is 9.94. The number of anilines is 1. The van der Waals surface area contributed by atoms with E-state index in [9.17, 15) is 5.11 Å². The standard InChI is InChI=1S/C11H10Cl2N4O/c12-9-10(15-11(13)17-16-9)14-6-8(18)7-4-2-1-3-5-7/h1-5,8,18H,6H2,(H,14,15,17). The van der Waals surface area contributed by atoms with Gasteiger partial charge in [0.1, 0.15) is 0 Å². The van der Waals surface area contributed by atoms with Crippen molar-refractivity contribution in [2.24, 2.45) is 0 Å². The average Bonchev–Trinajstić information content (AvgIpc) is 2.40. The second-order valence-corrected chi connectivity index (χ2v) is 4.22. The number of nitrogens with zero attached hydrogens (tertiary/aromatic N) is 3. The lowest BCUT2D eigenvalue weighted by atomic mass is 10.1. The number of rotatable bonds is 4. The van der Waals surface area contributed by atoms with Crippen LogP contribution in [0.3, 0.4) is 0 Å². The number of aliphatic hydroxyl groups is 1. The molecule has 1 atom stereocenters. The van der Waals surface area contributed by atoms with Crippen molar-refractivity contribution in [2.45, 2.75) is 6.10 Å². The van der Waals surface area contributed by atoms with Gasteiger partial charge >= 0.3 is 0 Å². The highest BCUT2D eigenvalue weighted by Crippen LogP contribution is 2.18. The van der Waals surface area contributed by atoms with Crippen LogP contribution >= 0.6 is 23.2 Å². The van der Waals surface area contributed by atoms with Crippen molar-refractivity contribution < 1.29 is 5.11 Å². The van der Waals surface area contributed by atoms with E-state index < -0.39 is 6.10 Å². The first-order chi connectivity index (χ1) is 8.66. The lowest BCUT2D eigenvalue weighted by Crippen LogP contribution is -2.13. The molecular weight excluding hydrogens is 275 g/mol. The van der Waals surface area contributed by atoms with Gasteiger partial charge in [-0.05, 0) is 17.2 Å². The molecule has 1 heterocycles. The lowest BCUT2D eigenvalue weighted by Gasteiger charge is -2.12. The summed E-state index contributed by atoms with van der Waals surface area (Å²) in [6.07, 6.45) is -0.670. The van der Waals surface area contributed by atoms with Gasteiger partial charge in [-0.25, -0.2) is 0 Å². The van der Waals surface area contributed by atoms with Crippen molar-refractivity contribution in [3.05, 3.63) is 46.3 Å². The number of hydrogen-bond donors (Lipinski definition) is 2. The number of halogens is 2. The maximum Gasteiger partial charge on any atom is 0.245 e. The van der Waals surface area contributed by atoms with Crippen LogP contribution in [0.2, 0.25) is 10.4 Å². The van der Waals surface area contributed by atoms with Gasteiger partial charge in [-0.2, -0.15) is 4.98 Å². The minimum absolute atomic E-state index is 0.00361. The summed E-state index contributed by atoms with van der Waals surface area (Å²) < 4.78 is 0. The Morgan fingerprint density at radius 2 is 1.89 bits per heavy atom. The SMILES string of the molecule is OC(CNc1nc(Cl)nnc1Cl)c1ccccc1. The molecule has 0 fully saturated rings. The highest BCUT2D eigenvalue weighted by atomic mass is 35.5. The van der Waals surface area contributed by atoms with Crippen LogP contribution in [0.5, 0.6) is 0 Å². The smallest absolute Gasteiger partial charge is 0.245 e. The van der Waals surface area contributed by atoms with Crippen LogP contribution in [0.4, 0.5) is 5.82 Å². The average molecular weight is 285 g/mol. The fourth-order valence-electron chi connectivity index (χ4n) is 1.39. The van der Waals surface area contributed by atoms with Crippen molar-refractivity contribution in [1.82, 2.24) is 15.2 Å². The molecule has 0 saturated heterocycles. The molecule has 0 aliphatic rings. The zero-order valence-electron chi connectivity index (χ0n) is 9.22. The minimum atomic E-state index is -0.670. The summed E-state index contributed by atoms with van der Waals surface area (Å²) in [4.78, 5) is 3.88. The third kappa shape index (κ3) is 3.29. The third-order valence-electron chi connectivity index (χ3n) is 2.27. The second-order valence-electron chi connectivity index (χ2n) is 3.53. The summed E-state index contributed by atoms with van der Waals surface area (Å²) in [5.74, 6) is 0.298. The zero-order valence-corrected chi connectivity index (χ0v) is 10.7. The molecule has 5 nitrogen and oxygen atoms in total. The fourth-order valence-corrected chi connectivity index (χ4v) is 1.66. The Morgan fingerprint density at radius 3 is 2.61 bits per heavy atom. The Labute approximate surface area is 114 Å². The summed E-state index contributed by atoms with van der Waals surface area (Å²) in [6, 6.07) is 9.26. The molecule has 18 heavy (non-hydrogen) atoms. The van der Waals surface area contributed by atoms with E-state index >= 15 is 0 Å². The Hall–Kier alpha value is -1.43. The van der Waals surface area contributed by atoms with E-state index in [0.29, 0.717) is 5.82 Å². The number of benzene rings is 1. The van der Waals surface area contributed by atoms with Crippen molar-refractivity contribution >= 4 is 29.0 Å². The van der Waals surface area contributed by atoms with Gasteiger partial charge in [0, 0.05) is 6.54 Å². The van der Waals surface area contributed by atoms with Gasteiger partial charge in [0.15, 0.2) is 11.0 Å². The Kier molecular flexibility index (Phi) is 4.30. The van der Waals surface area contributed by atoms with E-state index in [1.807, 2.05) is 30.3 Å². The molecule has 1 aromatic heterocycles. The normalized spacial score (nSPS) is 12.2. The molecule has 0 bridgehead atoms. The Balaban J connectivity index is 2.01. The molecule has 0 radical (unpaired) electrons. The first-order valence-electron chi connectivity index (χ1n) is 5.19. The van der Waals surface area contributed by atoms with E-state index in [0.717, 1.165) is 5.56 Å². The van der Waals surface area contributed by atoms with Crippen molar-refractivity contribution in [2.75, 3.05) is 11.9 Å². The minimum Gasteiger partial charge on any atom is -0.387 e. The maximum atomic E-state index is 9.94. The van der Waals surface area contributed by atoms with Crippen molar-refractivity contribution in [3.63, 3.8) is 0 Å². The van der Waals surface area contributed by atoms with E-state index in [1.165, 1.54) is 0 Å². The van der Waals surface area contributed by atoms with Gasteiger partial charge in [0.2, 0.25) is 5.28 Å². The van der Waals surface area contributed by atoms with Gasteiger partial charge in [-0.3, -0.25) is 0 Å². The largest absolute Gasteiger partial charge is 0.387 e. The van der Waals surface area contributed by atoms with Gasteiger partial charge in [-0.1, -0.05) is 41.9 Å². The van der Waals surface area contributed by atoms with Gasteiger partial charge in [-0.15, -0.1) is 10.2 Å². The van der Waals surface area contributed by atoms with Crippen LogP contribution in [0.25, 0.3) is 0 Å². The van der Waals surface area contributed by atoms with Crippen molar-refractivity contribution in [1.29, 1.82) is 0 Å². The zero-order chi connectivity index (χ0) is 13.0. The van der Waals surface area contributed by atoms with Gasteiger partial charge < -0.3 is 10.4 Å². The molecule has 0 amide bonds. The van der Waals surface area contributed by atoms with Crippen molar-refractivity contribution in [3.8, 4) is 0 Å². The summed E-state index contributed by atoms with van der Waals surface area (Å²) in [5.41, 5.74) is 0.800. The third-order valence-corrected chi connectivity index (χ3v) is 2.68. The predicted octanol–water partition coefficient (Wildman–Crippen LogP) is 2.32. The molecule has 0 aliphatic carbocycles. The molecule has 0 saturated carbocycles. The number of aromatic nitrogens is 3. The molecule has 2 N–H and O–H groups in total.